The Balaban J connectivity index is 4.35. The second kappa shape index (κ2) is 7.46. The number of rotatable bonds is 7. The fourth-order valence-corrected chi connectivity index (χ4v) is 1.53. The molecule has 0 bridgehead atoms. The molecule has 0 saturated heterocycles. The molecule has 0 aromatic carbocycles. The van der Waals surface area contributed by atoms with Gasteiger partial charge in [0.2, 0.25) is 0 Å². The lowest BCUT2D eigenvalue weighted by molar-refractivity contribution is 0.223. The summed E-state index contributed by atoms with van der Waals surface area (Å²) < 4.78 is 0. The third kappa shape index (κ3) is 4.47. The monoisotopic (exact) mass is 211 g/mol. The summed E-state index contributed by atoms with van der Waals surface area (Å²) in [6.07, 6.45) is 2.86. The van der Waals surface area contributed by atoms with Gasteiger partial charge < -0.3 is 0 Å². The van der Waals surface area contributed by atoms with Crippen LogP contribution < -0.4 is 0 Å². The predicted octanol–water partition coefficient (Wildman–Crippen LogP) is 2.56. The first-order valence-corrected chi connectivity index (χ1v) is 5.77. The molecule has 0 radical (unpaired) electrons. The van der Waals surface area contributed by atoms with Crippen molar-refractivity contribution < 1.29 is 0 Å². The van der Waals surface area contributed by atoms with Gasteiger partial charge >= 0.3 is 0 Å². The smallest absolute Gasteiger partial charge is 0.0482 e. The molecule has 0 amide bonds. The van der Waals surface area contributed by atoms with E-state index in [9.17, 15) is 0 Å². The van der Waals surface area contributed by atoms with E-state index in [1.807, 2.05) is 18.3 Å². The van der Waals surface area contributed by atoms with Crippen molar-refractivity contribution >= 4 is 6.21 Å². The van der Waals surface area contributed by atoms with Crippen molar-refractivity contribution in [3.8, 4) is 0 Å². The lowest BCUT2D eigenvalue weighted by Crippen LogP contribution is -2.37. The van der Waals surface area contributed by atoms with Crippen LogP contribution in [0.5, 0.6) is 0 Å². The molecular formula is C12H25N3. The molecule has 0 aromatic heterocycles. The first-order chi connectivity index (χ1) is 7.08. The molecule has 3 nitrogen and oxygen atoms in total. The van der Waals surface area contributed by atoms with E-state index in [1.54, 1.807) is 0 Å². The molecule has 3 heteroatoms. The normalized spacial score (nSPS) is 13.5. The highest BCUT2D eigenvalue weighted by Gasteiger charge is 2.15. The number of hydrogen-bond acceptors (Lipinski definition) is 3. The van der Waals surface area contributed by atoms with Gasteiger partial charge in [-0.1, -0.05) is 27.4 Å². The van der Waals surface area contributed by atoms with E-state index in [2.05, 4.69) is 44.3 Å². The predicted molar refractivity (Wildman–Crippen MR) is 68.1 cm³/mol. The van der Waals surface area contributed by atoms with Crippen LogP contribution in [0, 0.1) is 0 Å². The summed E-state index contributed by atoms with van der Waals surface area (Å²) in [5, 5.41) is 6.16. The molecule has 0 aromatic rings. The van der Waals surface area contributed by atoms with Gasteiger partial charge in [0.25, 0.3) is 0 Å². The standard InChI is InChI=1S/C12H25N3/c1-7-10-13-14(6)11(4)12(5)15(8-2)9-3/h10,12H,4,7-9H2,1-3,5-6H3/b13-10+/t12-/m0/s1. The number of hydrazone groups is 1. The van der Waals surface area contributed by atoms with Crippen LogP contribution in [0.3, 0.4) is 0 Å². The van der Waals surface area contributed by atoms with Crippen molar-refractivity contribution in [2.24, 2.45) is 5.10 Å². The second-order valence-electron chi connectivity index (χ2n) is 3.62. The van der Waals surface area contributed by atoms with Crippen LogP contribution in [0.2, 0.25) is 0 Å². The van der Waals surface area contributed by atoms with Gasteiger partial charge in [0, 0.05) is 25.0 Å². The van der Waals surface area contributed by atoms with Crippen molar-refractivity contribution in [2.75, 3.05) is 20.1 Å². The largest absolute Gasteiger partial charge is 0.296 e. The molecule has 88 valence electrons. The summed E-state index contributed by atoms with van der Waals surface area (Å²) in [5.74, 6) is 0. The van der Waals surface area contributed by atoms with E-state index in [-0.39, 0.29) is 0 Å². The van der Waals surface area contributed by atoms with Crippen molar-refractivity contribution in [3.63, 3.8) is 0 Å². The molecule has 0 aliphatic rings. The molecule has 0 unspecified atom stereocenters. The van der Waals surface area contributed by atoms with Gasteiger partial charge in [-0.3, -0.25) is 9.91 Å². The minimum absolute atomic E-state index is 0.346. The molecular weight excluding hydrogens is 186 g/mol. The van der Waals surface area contributed by atoms with Crippen LogP contribution in [0.1, 0.15) is 34.1 Å². The molecule has 0 aliphatic carbocycles. The molecule has 0 heterocycles. The highest BCUT2D eigenvalue weighted by Crippen LogP contribution is 2.11. The van der Waals surface area contributed by atoms with Crippen LogP contribution in [0.25, 0.3) is 0 Å². The Kier molecular flexibility index (Phi) is 7.05. The van der Waals surface area contributed by atoms with Gasteiger partial charge in [0.15, 0.2) is 0 Å². The summed E-state index contributed by atoms with van der Waals surface area (Å²) in [7, 11) is 1.95. The molecule has 0 fully saturated rings. The second-order valence-corrected chi connectivity index (χ2v) is 3.62. The maximum atomic E-state index is 4.30. The SMILES string of the molecule is C=C([C@H](C)N(CC)CC)N(C)/N=C/CC. The zero-order valence-corrected chi connectivity index (χ0v) is 10.8. The van der Waals surface area contributed by atoms with E-state index in [1.165, 1.54) is 0 Å². The van der Waals surface area contributed by atoms with E-state index in [0.717, 1.165) is 25.2 Å². The molecule has 15 heavy (non-hydrogen) atoms. The summed E-state index contributed by atoms with van der Waals surface area (Å²) in [6.45, 7) is 14.8. The topological polar surface area (TPSA) is 18.8 Å². The van der Waals surface area contributed by atoms with Crippen LogP contribution >= 0.6 is 0 Å². The molecule has 0 spiro atoms. The van der Waals surface area contributed by atoms with Gasteiger partial charge in [-0.2, -0.15) is 5.10 Å². The third-order valence-corrected chi connectivity index (χ3v) is 2.70. The minimum Gasteiger partial charge on any atom is -0.296 e. The zero-order chi connectivity index (χ0) is 11.8. The average molecular weight is 211 g/mol. The third-order valence-electron chi connectivity index (χ3n) is 2.70. The van der Waals surface area contributed by atoms with Gasteiger partial charge in [0.1, 0.15) is 0 Å². The van der Waals surface area contributed by atoms with Gasteiger partial charge in [0.05, 0.1) is 0 Å². The summed E-state index contributed by atoms with van der Waals surface area (Å²) in [6, 6.07) is 0.346. The van der Waals surface area contributed by atoms with Gasteiger partial charge in [-0.05, 0) is 26.4 Å². The van der Waals surface area contributed by atoms with Crippen molar-refractivity contribution in [1.82, 2.24) is 9.91 Å². The molecule has 0 rings (SSSR count). The van der Waals surface area contributed by atoms with Crippen molar-refractivity contribution in [3.05, 3.63) is 12.3 Å². The molecule has 0 saturated carbocycles. The molecule has 1 atom stereocenters. The number of hydrogen-bond donors (Lipinski definition) is 0. The maximum Gasteiger partial charge on any atom is 0.0482 e. The van der Waals surface area contributed by atoms with E-state index in [4.69, 9.17) is 0 Å². The summed E-state index contributed by atoms with van der Waals surface area (Å²) in [4.78, 5) is 2.36. The van der Waals surface area contributed by atoms with Gasteiger partial charge in [-0.15, -0.1) is 0 Å². The number of likely N-dealkylation sites (N-methyl/N-ethyl adjacent to an activating group) is 2. The van der Waals surface area contributed by atoms with E-state index >= 15 is 0 Å². The average Bonchev–Trinajstić information content (AvgIpc) is 2.26. The minimum atomic E-state index is 0.346. The molecule has 0 N–H and O–H groups in total. The van der Waals surface area contributed by atoms with Crippen molar-refractivity contribution in [1.29, 1.82) is 0 Å². The quantitative estimate of drug-likeness (QED) is 0.476. The molecule has 0 aliphatic heterocycles. The summed E-state index contributed by atoms with van der Waals surface area (Å²) in [5.41, 5.74) is 1.04. The Hall–Kier alpha value is -0.830. The first kappa shape index (κ1) is 14.2. The van der Waals surface area contributed by atoms with Gasteiger partial charge in [-0.25, -0.2) is 0 Å². The van der Waals surface area contributed by atoms with Crippen LogP contribution in [0.15, 0.2) is 17.4 Å². The Morgan fingerprint density at radius 1 is 1.33 bits per heavy atom. The summed E-state index contributed by atoms with van der Waals surface area (Å²) >= 11 is 0. The Labute approximate surface area is 94.4 Å². The maximum absolute atomic E-state index is 4.30. The Morgan fingerprint density at radius 3 is 2.27 bits per heavy atom. The van der Waals surface area contributed by atoms with E-state index in [0.29, 0.717) is 6.04 Å². The highest BCUT2D eigenvalue weighted by molar-refractivity contribution is 5.56. The fraction of sp³-hybridized carbons (Fsp3) is 0.750. The van der Waals surface area contributed by atoms with Crippen LogP contribution in [-0.4, -0.2) is 42.3 Å². The van der Waals surface area contributed by atoms with Crippen molar-refractivity contribution in [2.45, 2.75) is 40.2 Å². The Morgan fingerprint density at radius 2 is 1.87 bits per heavy atom. The van der Waals surface area contributed by atoms with Crippen LogP contribution in [0.4, 0.5) is 0 Å². The fourth-order valence-electron chi connectivity index (χ4n) is 1.53. The first-order valence-electron chi connectivity index (χ1n) is 5.77. The van der Waals surface area contributed by atoms with Crippen LogP contribution in [-0.2, 0) is 0 Å². The Bertz CT molecular complexity index is 207. The lowest BCUT2D eigenvalue weighted by atomic mass is 10.2. The number of nitrogens with zero attached hydrogens (tertiary/aromatic N) is 3. The highest BCUT2D eigenvalue weighted by atomic mass is 15.4. The van der Waals surface area contributed by atoms with E-state index < -0.39 is 0 Å². The lowest BCUT2D eigenvalue weighted by Gasteiger charge is -2.30. The zero-order valence-electron chi connectivity index (χ0n) is 10.8.